The molecule has 1 N–H and O–H groups in total. The summed E-state index contributed by atoms with van der Waals surface area (Å²) in [5.41, 5.74) is 0.635. The fraction of sp³-hybridized carbons (Fsp3) is 0.364. The van der Waals surface area contributed by atoms with Crippen LogP contribution in [0.1, 0.15) is 31.2 Å². The first-order chi connectivity index (χ1) is 7.06. The molecule has 0 aromatic heterocycles. The van der Waals surface area contributed by atoms with Crippen LogP contribution >= 0.6 is 23.2 Å². The van der Waals surface area contributed by atoms with E-state index in [0.717, 1.165) is 6.42 Å². The Labute approximate surface area is 98.8 Å². The van der Waals surface area contributed by atoms with Gasteiger partial charge in [-0.3, -0.25) is 4.79 Å². The van der Waals surface area contributed by atoms with Crippen LogP contribution in [0.15, 0.2) is 18.2 Å². The zero-order valence-corrected chi connectivity index (χ0v) is 9.85. The number of benzene rings is 1. The van der Waals surface area contributed by atoms with Crippen molar-refractivity contribution in [3.8, 4) is 0 Å². The fourth-order valence-corrected chi connectivity index (χ4v) is 2.02. The summed E-state index contributed by atoms with van der Waals surface area (Å²) in [6.07, 6.45) is 1.38. The number of hydrogen-bond acceptors (Lipinski definition) is 1. The molecule has 4 heteroatoms. The van der Waals surface area contributed by atoms with E-state index in [4.69, 9.17) is 28.3 Å². The second-order valence-electron chi connectivity index (χ2n) is 3.35. The Morgan fingerprint density at radius 1 is 1.47 bits per heavy atom. The van der Waals surface area contributed by atoms with Crippen molar-refractivity contribution < 1.29 is 9.90 Å². The van der Waals surface area contributed by atoms with Gasteiger partial charge in [0.05, 0.1) is 5.92 Å². The molecule has 0 fully saturated rings. The normalized spacial score (nSPS) is 12.5. The Morgan fingerprint density at radius 2 is 2.13 bits per heavy atom. The van der Waals surface area contributed by atoms with Crippen molar-refractivity contribution >= 4 is 29.2 Å². The van der Waals surface area contributed by atoms with Crippen molar-refractivity contribution in [1.82, 2.24) is 0 Å². The Hall–Kier alpha value is -0.730. The molecule has 0 saturated heterocycles. The van der Waals surface area contributed by atoms with E-state index in [1.807, 2.05) is 6.92 Å². The molecular formula is C11H12Cl2O2. The van der Waals surface area contributed by atoms with Crippen LogP contribution in [0.2, 0.25) is 10.0 Å². The van der Waals surface area contributed by atoms with Gasteiger partial charge in [-0.05, 0) is 24.1 Å². The van der Waals surface area contributed by atoms with E-state index in [2.05, 4.69) is 0 Å². The lowest BCUT2D eigenvalue weighted by Gasteiger charge is -2.13. The molecule has 1 aromatic carbocycles. The molecule has 0 aliphatic heterocycles. The van der Waals surface area contributed by atoms with E-state index in [9.17, 15) is 4.79 Å². The molecule has 0 radical (unpaired) electrons. The maximum atomic E-state index is 11.0. The first-order valence-corrected chi connectivity index (χ1v) is 5.49. The molecule has 0 amide bonds. The summed E-state index contributed by atoms with van der Waals surface area (Å²) in [5.74, 6) is -1.39. The van der Waals surface area contributed by atoms with Gasteiger partial charge in [0, 0.05) is 10.0 Å². The fourth-order valence-electron chi connectivity index (χ4n) is 1.48. The van der Waals surface area contributed by atoms with Crippen LogP contribution in [0.4, 0.5) is 0 Å². The Kier molecular flexibility index (Phi) is 4.43. The molecule has 0 spiro atoms. The molecule has 0 aliphatic carbocycles. The van der Waals surface area contributed by atoms with Gasteiger partial charge in [0.25, 0.3) is 0 Å². The summed E-state index contributed by atoms with van der Waals surface area (Å²) in [6.45, 7) is 1.94. The molecule has 1 rings (SSSR count). The second-order valence-corrected chi connectivity index (χ2v) is 4.19. The Bertz CT molecular complexity index is 364. The topological polar surface area (TPSA) is 37.3 Å². The third-order valence-corrected chi connectivity index (χ3v) is 2.78. The van der Waals surface area contributed by atoms with Gasteiger partial charge in [-0.1, -0.05) is 42.6 Å². The minimum atomic E-state index is -0.846. The van der Waals surface area contributed by atoms with Gasteiger partial charge in [0.1, 0.15) is 0 Å². The highest BCUT2D eigenvalue weighted by Crippen LogP contribution is 2.30. The van der Waals surface area contributed by atoms with Crippen molar-refractivity contribution in [3.05, 3.63) is 33.8 Å². The molecule has 0 heterocycles. The number of carboxylic acids is 1. The quantitative estimate of drug-likeness (QED) is 0.874. The predicted octanol–water partition coefficient (Wildman–Crippen LogP) is 3.96. The van der Waals surface area contributed by atoms with E-state index in [0.29, 0.717) is 22.0 Å². The minimum Gasteiger partial charge on any atom is -0.481 e. The number of carbonyl (C=O) groups is 1. The predicted molar refractivity (Wildman–Crippen MR) is 61.7 cm³/mol. The van der Waals surface area contributed by atoms with E-state index < -0.39 is 11.9 Å². The van der Waals surface area contributed by atoms with E-state index >= 15 is 0 Å². The van der Waals surface area contributed by atoms with Crippen molar-refractivity contribution in [1.29, 1.82) is 0 Å². The molecular weight excluding hydrogens is 235 g/mol. The summed E-state index contributed by atoms with van der Waals surface area (Å²) < 4.78 is 0. The summed E-state index contributed by atoms with van der Waals surface area (Å²) in [4.78, 5) is 11.0. The van der Waals surface area contributed by atoms with Gasteiger partial charge in [-0.25, -0.2) is 0 Å². The summed E-state index contributed by atoms with van der Waals surface area (Å²) >= 11 is 11.7. The maximum absolute atomic E-state index is 11.0. The molecule has 1 unspecified atom stereocenters. The zero-order chi connectivity index (χ0) is 11.4. The Morgan fingerprint density at radius 3 is 2.60 bits per heavy atom. The van der Waals surface area contributed by atoms with E-state index in [1.165, 1.54) is 0 Å². The SMILES string of the molecule is CCCC(C(=O)O)c1ccc(Cl)cc1Cl. The van der Waals surface area contributed by atoms with E-state index in [1.54, 1.807) is 18.2 Å². The summed E-state index contributed by atoms with van der Waals surface area (Å²) in [7, 11) is 0. The second kappa shape index (κ2) is 5.38. The Balaban J connectivity index is 3.05. The highest BCUT2D eigenvalue weighted by molar-refractivity contribution is 6.35. The number of carboxylic acid groups (broad SMARTS) is 1. The van der Waals surface area contributed by atoms with Gasteiger partial charge < -0.3 is 5.11 Å². The molecule has 1 atom stereocenters. The van der Waals surface area contributed by atoms with Crippen LogP contribution in [0, 0.1) is 0 Å². The smallest absolute Gasteiger partial charge is 0.311 e. The third-order valence-electron chi connectivity index (χ3n) is 2.21. The highest BCUT2D eigenvalue weighted by Gasteiger charge is 2.21. The lowest BCUT2D eigenvalue weighted by Crippen LogP contribution is -2.11. The average Bonchev–Trinajstić information content (AvgIpc) is 2.15. The minimum absolute atomic E-state index is 0.420. The van der Waals surface area contributed by atoms with Gasteiger partial charge in [0.2, 0.25) is 0 Å². The molecule has 0 saturated carbocycles. The van der Waals surface area contributed by atoms with Crippen LogP contribution in [0.3, 0.4) is 0 Å². The lowest BCUT2D eigenvalue weighted by molar-refractivity contribution is -0.139. The number of rotatable bonds is 4. The first-order valence-electron chi connectivity index (χ1n) is 4.74. The molecule has 0 aliphatic rings. The molecule has 0 bridgehead atoms. The number of aliphatic carboxylic acids is 1. The van der Waals surface area contributed by atoms with Gasteiger partial charge >= 0.3 is 5.97 Å². The first kappa shape index (κ1) is 12.3. The van der Waals surface area contributed by atoms with E-state index in [-0.39, 0.29) is 0 Å². The van der Waals surface area contributed by atoms with Crippen molar-refractivity contribution in [2.75, 3.05) is 0 Å². The number of hydrogen-bond donors (Lipinski definition) is 1. The maximum Gasteiger partial charge on any atom is 0.311 e. The lowest BCUT2D eigenvalue weighted by atomic mass is 9.95. The summed E-state index contributed by atoms with van der Waals surface area (Å²) in [6, 6.07) is 4.91. The third kappa shape index (κ3) is 3.11. The monoisotopic (exact) mass is 246 g/mol. The van der Waals surface area contributed by atoms with Crippen LogP contribution < -0.4 is 0 Å². The van der Waals surface area contributed by atoms with Gasteiger partial charge in [-0.2, -0.15) is 0 Å². The zero-order valence-electron chi connectivity index (χ0n) is 8.34. The van der Waals surface area contributed by atoms with Crippen LogP contribution in [-0.2, 0) is 4.79 Å². The highest BCUT2D eigenvalue weighted by atomic mass is 35.5. The van der Waals surface area contributed by atoms with Crippen LogP contribution in [0.25, 0.3) is 0 Å². The largest absolute Gasteiger partial charge is 0.481 e. The van der Waals surface area contributed by atoms with Crippen LogP contribution in [0.5, 0.6) is 0 Å². The standard InChI is InChI=1S/C11H12Cl2O2/c1-2-3-9(11(14)15)8-5-4-7(12)6-10(8)13/h4-6,9H,2-3H2,1H3,(H,14,15). The molecule has 15 heavy (non-hydrogen) atoms. The van der Waals surface area contributed by atoms with Crippen molar-refractivity contribution in [3.63, 3.8) is 0 Å². The molecule has 82 valence electrons. The van der Waals surface area contributed by atoms with Crippen molar-refractivity contribution in [2.45, 2.75) is 25.7 Å². The van der Waals surface area contributed by atoms with Gasteiger partial charge in [-0.15, -0.1) is 0 Å². The molecule has 2 nitrogen and oxygen atoms in total. The molecule has 1 aromatic rings. The van der Waals surface area contributed by atoms with Crippen LogP contribution in [-0.4, -0.2) is 11.1 Å². The summed E-state index contributed by atoms with van der Waals surface area (Å²) in [5, 5.41) is 10.00. The van der Waals surface area contributed by atoms with Crippen molar-refractivity contribution in [2.24, 2.45) is 0 Å². The van der Waals surface area contributed by atoms with Gasteiger partial charge in [0.15, 0.2) is 0 Å². The average molecular weight is 247 g/mol. The number of halogens is 2.